The van der Waals surface area contributed by atoms with Crippen molar-refractivity contribution in [2.45, 2.75) is 38.8 Å². The molecule has 1 aliphatic rings. The zero-order valence-corrected chi connectivity index (χ0v) is 18.0. The van der Waals surface area contributed by atoms with Gasteiger partial charge >= 0.3 is 0 Å². The van der Waals surface area contributed by atoms with E-state index in [2.05, 4.69) is 20.5 Å². The predicted octanol–water partition coefficient (Wildman–Crippen LogP) is 4.10. The first kappa shape index (κ1) is 22.1. The number of ether oxygens (including phenoxy) is 1. The molecule has 2 atom stereocenters. The first-order valence-electron chi connectivity index (χ1n) is 10.3. The maximum Gasteiger partial charge on any atom is 0.272 e. The molecular weight excluding hydrogens is 423 g/mol. The summed E-state index contributed by atoms with van der Waals surface area (Å²) in [7, 11) is 1.64. The highest BCUT2D eigenvalue weighted by Gasteiger charge is 2.26. The lowest BCUT2D eigenvalue weighted by Crippen LogP contribution is -2.28. The normalized spacial score (nSPS) is 17.3. The minimum absolute atomic E-state index is 0.0464. The third kappa shape index (κ3) is 4.02. The summed E-state index contributed by atoms with van der Waals surface area (Å²) < 4.78 is 46.2. The number of rotatable bonds is 6. The Bertz CT molecular complexity index is 1200. The quantitative estimate of drug-likeness (QED) is 0.592. The van der Waals surface area contributed by atoms with Crippen molar-refractivity contribution in [1.82, 2.24) is 15.2 Å². The van der Waals surface area contributed by atoms with E-state index in [0.717, 1.165) is 12.5 Å². The fourth-order valence-electron chi connectivity index (χ4n) is 4.06. The molecule has 0 saturated carbocycles. The first-order chi connectivity index (χ1) is 15.3. The molecule has 7 nitrogen and oxygen atoms in total. The molecule has 1 aliphatic heterocycles. The number of hydrogen-bond donors (Lipinski definition) is 2. The largest absolute Gasteiger partial charge is 0.380 e. The van der Waals surface area contributed by atoms with Crippen LogP contribution in [0.15, 0.2) is 29.1 Å². The number of hydrogen-bond acceptors (Lipinski definition) is 6. The topological polar surface area (TPSA) is 83.1 Å². The molecule has 1 aromatic carbocycles. The maximum absolute atomic E-state index is 14.6. The van der Waals surface area contributed by atoms with Crippen LogP contribution in [0.4, 0.5) is 24.7 Å². The highest BCUT2D eigenvalue weighted by Crippen LogP contribution is 2.31. The molecule has 170 valence electrons. The van der Waals surface area contributed by atoms with Crippen molar-refractivity contribution in [2.75, 3.05) is 30.4 Å². The van der Waals surface area contributed by atoms with Crippen LogP contribution < -0.4 is 15.8 Å². The fourth-order valence-corrected chi connectivity index (χ4v) is 4.06. The molecule has 1 saturated heterocycles. The number of fused-ring (bicyclic) bond motifs is 1. The predicted molar refractivity (Wildman–Crippen MR) is 116 cm³/mol. The van der Waals surface area contributed by atoms with E-state index in [9.17, 15) is 18.0 Å². The second-order valence-corrected chi connectivity index (χ2v) is 7.92. The maximum atomic E-state index is 14.6. The van der Waals surface area contributed by atoms with Crippen LogP contribution in [-0.4, -0.2) is 41.5 Å². The number of nitrogens with one attached hydrogen (secondary N) is 2. The minimum Gasteiger partial charge on any atom is -0.380 e. The number of nitrogens with zero attached hydrogens (tertiary/aromatic N) is 3. The van der Waals surface area contributed by atoms with Crippen LogP contribution in [0.2, 0.25) is 0 Å². The van der Waals surface area contributed by atoms with Gasteiger partial charge in [-0.05, 0) is 26.3 Å². The van der Waals surface area contributed by atoms with Gasteiger partial charge in [0.15, 0.2) is 5.82 Å². The molecule has 0 aliphatic carbocycles. The third-order valence-corrected chi connectivity index (χ3v) is 5.87. The third-order valence-electron chi connectivity index (χ3n) is 5.87. The van der Waals surface area contributed by atoms with E-state index in [-0.39, 0.29) is 17.2 Å². The van der Waals surface area contributed by atoms with Crippen LogP contribution in [0.5, 0.6) is 0 Å². The van der Waals surface area contributed by atoms with E-state index in [1.165, 1.54) is 12.1 Å². The standard InChI is InChI=1S/C22H24F3N5O2/c1-11(14-5-4-6-15(18(14)23)20(24)25)26-21-16-9-17(30-8-7-13(10-30)32-3)22(31)27-19(16)12(2)28-29-21/h4-6,9,11,13,20H,7-8,10H2,1-3H3,(H,26,29)(H,27,31)/t11-,13+/m1/s1. The van der Waals surface area contributed by atoms with Crippen molar-refractivity contribution in [3.8, 4) is 0 Å². The molecule has 10 heteroatoms. The van der Waals surface area contributed by atoms with Crippen LogP contribution in [0.25, 0.3) is 10.9 Å². The van der Waals surface area contributed by atoms with Crippen molar-refractivity contribution < 1.29 is 17.9 Å². The molecule has 32 heavy (non-hydrogen) atoms. The summed E-state index contributed by atoms with van der Waals surface area (Å²) in [5.74, 6) is -0.636. The Labute approximate surface area is 182 Å². The molecule has 3 aromatic rings. The molecule has 4 rings (SSSR count). The SMILES string of the molecule is CO[C@H]1CCN(c2cc3c(N[C@H](C)c4cccc(C(F)F)c4F)nnc(C)c3[nH]c2=O)C1. The van der Waals surface area contributed by atoms with Crippen molar-refractivity contribution in [3.05, 3.63) is 57.3 Å². The number of pyridine rings is 1. The molecule has 1 fully saturated rings. The molecule has 0 bridgehead atoms. The number of anilines is 2. The monoisotopic (exact) mass is 447 g/mol. The zero-order valence-electron chi connectivity index (χ0n) is 18.0. The average Bonchev–Trinajstić information content (AvgIpc) is 3.24. The number of aromatic nitrogens is 3. The highest BCUT2D eigenvalue weighted by molar-refractivity contribution is 5.92. The number of aryl methyl sites for hydroxylation is 1. The van der Waals surface area contributed by atoms with Gasteiger partial charge in [0.2, 0.25) is 0 Å². The van der Waals surface area contributed by atoms with E-state index in [1.807, 2.05) is 4.90 Å². The summed E-state index contributed by atoms with van der Waals surface area (Å²) in [4.78, 5) is 17.6. The lowest BCUT2D eigenvalue weighted by Gasteiger charge is -2.20. The van der Waals surface area contributed by atoms with Gasteiger partial charge in [-0.1, -0.05) is 18.2 Å². The summed E-state index contributed by atoms with van der Waals surface area (Å²) in [6.45, 7) is 4.64. The van der Waals surface area contributed by atoms with Gasteiger partial charge in [0.1, 0.15) is 11.5 Å². The molecule has 0 unspecified atom stereocenters. The summed E-state index contributed by atoms with van der Waals surface area (Å²) >= 11 is 0. The molecule has 0 spiro atoms. The average molecular weight is 447 g/mol. The number of methoxy groups -OCH3 is 1. The molecule has 3 heterocycles. The molecule has 2 aromatic heterocycles. The number of alkyl halides is 2. The zero-order chi connectivity index (χ0) is 23.0. The number of halogens is 3. The molecular formula is C22H24F3N5O2. The van der Waals surface area contributed by atoms with Gasteiger partial charge in [-0.3, -0.25) is 4.79 Å². The van der Waals surface area contributed by atoms with Gasteiger partial charge < -0.3 is 19.9 Å². The van der Waals surface area contributed by atoms with Gasteiger partial charge in [0.25, 0.3) is 12.0 Å². The smallest absolute Gasteiger partial charge is 0.272 e. The van der Waals surface area contributed by atoms with Crippen molar-refractivity contribution in [2.24, 2.45) is 0 Å². The van der Waals surface area contributed by atoms with Gasteiger partial charge in [-0.2, -0.15) is 5.10 Å². The Morgan fingerprint density at radius 3 is 2.72 bits per heavy atom. The Hall–Kier alpha value is -3.14. The fraction of sp³-hybridized carbons (Fsp3) is 0.409. The molecule has 0 radical (unpaired) electrons. The molecule has 2 N–H and O–H groups in total. The Balaban J connectivity index is 1.73. The number of H-pyrrole nitrogens is 1. The first-order valence-corrected chi connectivity index (χ1v) is 10.3. The molecule has 0 amide bonds. The summed E-state index contributed by atoms with van der Waals surface area (Å²) in [6.07, 6.45) is -2.06. The van der Waals surface area contributed by atoms with Crippen LogP contribution >= 0.6 is 0 Å². The van der Waals surface area contributed by atoms with Crippen LogP contribution in [0.3, 0.4) is 0 Å². The van der Waals surface area contributed by atoms with Crippen LogP contribution in [0.1, 0.15) is 42.6 Å². The van der Waals surface area contributed by atoms with Crippen molar-refractivity contribution in [1.29, 1.82) is 0 Å². The minimum atomic E-state index is -2.91. The van der Waals surface area contributed by atoms with E-state index < -0.39 is 23.8 Å². The van der Waals surface area contributed by atoms with E-state index in [4.69, 9.17) is 4.74 Å². The van der Waals surface area contributed by atoms with Gasteiger partial charge in [-0.15, -0.1) is 5.10 Å². The van der Waals surface area contributed by atoms with E-state index >= 15 is 0 Å². The van der Waals surface area contributed by atoms with Gasteiger partial charge in [-0.25, -0.2) is 13.2 Å². The Morgan fingerprint density at radius 2 is 2.03 bits per heavy atom. The second kappa shape index (κ2) is 8.78. The summed E-state index contributed by atoms with van der Waals surface area (Å²) in [5.41, 5.74) is 0.706. The number of aromatic amines is 1. The second-order valence-electron chi connectivity index (χ2n) is 7.92. The Morgan fingerprint density at radius 1 is 1.28 bits per heavy atom. The highest BCUT2D eigenvalue weighted by atomic mass is 19.3. The Kier molecular flexibility index (Phi) is 6.05. The van der Waals surface area contributed by atoms with Gasteiger partial charge in [0.05, 0.1) is 28.9 Å². The number of benzene rings is 1. The van der Waals surface area contributed by atoms with Crippen molar-refractivity contribution >= 4 is 22.4 Å². The van der Waals surface area contributed by atoms with Crippen molar-refractivity contribution in [3.63, 3.8) is 0 Å². The van der Waals surface area contributed by atoms with E-state index in [0.29, 0.717) is 41.2 Å². The summed E-state index contributed by atoms with van der Waals surface area (Å²) in [5, 5.41) is 11.9. The van der Waals surface area contributed by atoms with Gasteiger partial charge in [0, 0.05) is 31.1 Å². The van der Waals surface area contributed by atoms with E-state index in [1.54, 1.807) is 27.0 Å². The lowest BCUT2D eigenvalue weighted by molar-refractivity contribution is 0.121. The summed E-state index contributed by atoms with van der Waals surface area (Å²) in [6, 6.07) is 4.97. The lowest BCUT2D eigenvalue weighted by atomic mass is 10.0. The van der Waals surface area contributed by atoms with Crippen LogP contribution in [-0.2, 0) is 4.74 Å². The van der Waals surface area contributed by atoms with Crippen LogP contribution in [0, 0.1) is 12.7 Å².